The summed E-state index contributed by atoms with van der Waals surface area (Å²) in [5.74, 6) is 2.47. The lowest BCUT2D eigenvalue weighted by molar-refractivity contribution is 0.414. The van der Waals surface area contributed by atoms with E-state index in [0.29, 0.717) is 24.2 Å². The number of nitrogens with one attached hydrogen (secondary N) is 2. The van der Waals surface area contributed by atoms with E-state index in [0.717, 1.165) is 17.0 Å². The summed E-state index contributed by atoms with van der Waals surface area (Å²) >= 11 is 0. The Kier molecular flexibility index (Phi) is 5.63. The van der Waals surface area contributed by atoms with E-state index in [-0.39, 0.29) is 0 Å². The maximum atomic E-state index is 5.17. The maximum Gasteiger partial charge on any atom is 0.249 e. The molecule has 0 fully saturated rings. The number of ether oxygens (including phenoxy) is 1. The first-order valence-electron chi connectivity index (χ1n) is 8.57. The minimum Gasteiger partial charge on any atom is -0.497 e. The van der Waals surface area contributed by atoms with Crippen LogP contribution >= 0.6 is 0 Å². The molecule has 0 unspecified atom stereocenters. The third-order valence-electron chi connectivity index (χ3n) is 4.03. The molecule has 0 amide bonds. The fourth-order valence-corrected chi connectivity index (χ4v) is 2.46. The van der Waals surface area contributed by atoms with E-state index in [1.165, 1.54) is 5.56 Å². The molecule has 134 valence electrons. The van der Waals surface area contributed by atoms with Gasteiger partial charge in [-0.25, -0.2) is 0 Å². The van der Waals surface area contributed by atoms with Gasteiger partial charge < -0.3 is 15.4 Å². The summed E-state index contributed by atoms with van der Waals surface area (Å²) in [5.41, 5.74) is 3.36. The molecule has 0 aliphatic rings. The largest absolute Gasteiger partial charge is 0.497 e. The second-order valence-electron chi connectivity index (χ2n) is 6.27. The molecule has 0 spiro atoms. The molecule has 6 nitrogen and oxygen atoms in total. The van der Waals surface area contributed by atoms with Crippen LogP contribution in [0.4, 0.5) is 17.5 Å². The van der Waals surface area contributed by atoms with Gasteiger partial charge in [0.25, 0.3) is 0 Å². The zero-order valence-electron chi connectivity index (χ0n) is 15.2. The van der Waals surface area contributed by atoms with Crippen LogP contribution in [0.15, 0.2) is 54.7 Å². The highest BCUT2D eigenvalue weighted by Gasteiger charge is 2.03. The maximum absolute atomic E-state index is 5.17. The van der Waals surface area contributed by atoms with Gasteiger partial charge in [-0.05, 0) is 41.3 Å². The Labute approximate surface area is 153 Å². The van der Waals surface area contributed by atoms with Gasteiger partial charge in [0.15, 0.2) is 5.82 Å². The van der Waals surface area contributed by atoms with Gasteiger partial charge in [-0.1, -0.05) is 38.1 Å². The summed E-state index contributed by atoms with van der Waals surface area (Å²) in [6.45, 7) is 4.99. The summed E-state index contributed by atoms with van der Waals surface area (Å²) in [6.07, 6.45) is 1.61. The topological polar surface area (TPSA) is 72.0 Å². The highest BCUT2D eigenvalue weighted by atomic mass is 16.5. The molecule has 2 aromatic carbocycles. The van der Waals surface area contributed by atoms with Crippen LogP contribution < -0.4 is 15.4 Å². The number of nitrogens with zero attached hydrogens (tertiary/aromatic N) is 3. The number of methoxy groups -OCH3 is 1. The number of hydrogen-bond donors (Lipinski definition) is 2. The number of benzene rings is 2. The Morgan fingerprint density at radius 3 is 2.38 bits per heavy atom. The molecule has 0 aliphatic heterocycles. The van der Waals surface area contributed by atoms with Gasteiger partial charge in [0, 0.05) is 12.2 Å². The first-order valence-corrected chi connectivity index (χ1v) is 8.57. The lowest BCUT2D eigenvalue weighted by atomic mass is 10.0. The lowest BCUT2D eigenvalue weighted by Gasteiger charge is -2.09. The Balaban J connectivity index is 1.62. The molecule has 0 atom stereocenters. The summed E-state index contributed by atoms with van der Waals surface area (Å²) in [7, 11) is 1.66. The monoisotopic (exact) mass is 349 g/mol. The van der Waals surface area contributed by atoms with E-state index < -0.39 is 0 Å². The van der Waals surface area contributed by atoms with Crippen molar-refractivity contribution in [1.29, 1.82) is 0 Å². The molecule has 1 heterocycles. The molecule has 2 N–H and O–H groups in total. The van der Waals surface area contributed by atoms with E-state index >= 15 is 0 Å². The average Bonchev–Trinajstić information content (AvgIpc) is 2.67. The number of aromatic nitrogens is 3. The zero-order chi connectivity index (χ0) is 18.4. The van der Waals surface area contributed by atoms with Gasteiger partial charge in [-0.3, -0.25) is 0 Å². The molecule has 0 bridgehead atoms. The van der Waals surface area contributed by atoms with Crippen LogP contribution in [0.2, 0.25) is 0 Å². The molecule has 3 rings (SSSR count). The molecule has 0 saturated carbocycles. The summed E-state index contributed by atoms with van der Waals surface area (Å²) in [5, 5.41) is 14.5. The Morgan fingerprint density at radius 2 is 1.73 bits per heavy atom. The van der Waals surface area contributed by atoms with Crippen LogP contribution in [0, 0.1) is 0 Å². The van der Waals surface area contributed by atoms with Crippen LogP contribution in [0.25, 0.3) is 0 Å². The van der Waals surface area contributed by atoms with E-state index in [1.54, 1.807) is 13.3 Å². The molecule has 1 aromatic heterocycles. The molecule has 0 saturated heterocycles. The third-order valence-corrected chi connectivity index (χ3v) is 4.03. The fraction of sp³-hybridized carbons (Fsp3) is 0.250. The second kappa shape index (κ2) is 8.29. The van der Waals surface area contributed by atoms with Crippen molar-refractivity contribution in [2.75, 3.05) is 17.7 Å². The average molecular weight is 349 g/mol. The van der Waals surface area contributed by atoms with Gasteiger partial charge in [0.2, 0.25) is 5.95 Å². The van der Waals surface area contributed by atoms with Crippen molar-refractivity contribution in [2.24, 2.45) is 0 Å². The minimum absolute atomic E-state index is 0.460. The van der Waals surface area contributed by atoms with Crippen molar-refractivity contribution < 1.29 is 4.74 Å². The van der Waals surface area contributed by atoms with Gasteiger partial charge in [-0.2, -0.15) is 10.1 Å². The summed E-state index contributed by atoms with van der Waals surface area (Å²) in [4.78, 5) is 4.45. The Hall–Kier alpha value is -3.15. The molecule has 6 heteroatoms. The quantitative estimate of drug-likeness (QED) is 0.660. The van der Waals surface area contributed by atoms with E-state index in [4.69, 9.17) is 4.74 Å². The van der Waals surface area contributed by atoms with Crippen LogP contribution in [-0.4, -0.2) is 22.3 Å². The highest BCUT2D eigenvalue weighted by molar-refractivity contribution is 5.54. The third kappa shape index (κ3) is 4.69. The Bertz CT molecular complexity index is 832. The predicted molar refractivity (Wildman–Crippen MR) is 104 cm³/mol. The van der Waals surface area contributed by atoms with Gasteiger partial charge in [-0.15, -0.1) is 5.10 Å². The number of anilines is 3. The minimum atomic E-state index is 0.460. The molecule has 0 aliphatic carbocycles. The molecule has 26 heavy (non-hydrogen) atoms. The SMILES string of the molecule is COc1ccc(CNc2cnnc(Nc3ccc(C(C)C)cc3)n2)cc1. The van der Waals surface area contributed by atoms with Crippen molar-refractivity contribution in [3.63, 3.8) is 0 Å². The zero-order valence-corrected chi connectivity index (χ0v) is 15.2. The molecule has 0 radical (unpaired) electrons. The van der Waals surface area contributed by atoms with Crippen molar-refractivity contribution >= 4 is 17.5 Å². The molecular weight excluding hydrogens is 326 g/mol. The molecule has 3 aromatic rings. The lowest BCUT2D eigenvalue weighted by Crippen LogP contribution is -2.05. The van der Waals surface area contributed by atoms with Gasteiger partial charge in [0.05, 0.1) is 13.3 Å². The van der Waals surface area contributed by atoms with E-state index in [1.807, 2.05) is 36.4 Å². The van der Waals surface area contributed by atoms with Crippen molar-refractivity contribution in [2.45, 2.75) is 26.3 Å². The van der Waals surface area contributed by atoms with Crippen molar-refractivity contribution in [3.8, 4) is 5.75 Å². The van der Waals surface area contributed by atoms with Gasteiger partial charge >= 0.3 is 0 Å². The predicted octanol–water partition coefficient (Wildman–Crippen LogP) is 4.36. The van der Waals surface area contributed by atoms with Crippen LogP contribution in [0.1, 0.15) is 30.9 Å². The van der Waals surface area contributed by atoms with Gasteiger partial charge in [0.1, 0.15) is 5.75 Å². The van der Waals surface area contributed by atoms with E-state index in [2.05, 4.69) is 51.8 Å². The van der Waals surface area contributed by atoms with Crippen LogP contribution in [0.3, 0.4) is 0 Å². The highest BCUT2D eigenvalue weighted by Crippen LogP contribution is 2.19. The molecular formula is C20H23N5O. The summed E-state index contributed by atoms with van der Waals surface area (Å²) in [6, 6.07) is 16.1. The van der Waals surface area contributed by atoms with Crippen molar-refractivity contribution in [3.05, 3.63) is 65.9 Å². The smallest absolute Gasteiger partial charge is 0.249 e. The number of rotatable bonds is 7. The first kappa shape index (κ1) is 17.7. The van der Waals surface area contributed by atoms with E-state index in [9.17, 15) is 0 Å². The van der Waals surface area contributed by atoms with Crippen LogP contribution in [-0.2, 0) is 6.54 Å². The number of hydrogen-bond acceptors (Lipinski definition) is 6. The van der Waals surface area contributed by atoms with Crippen LogP contribution in [0.5, 0.6) is 5.75 Å². The first-order chi connectivity index (χ1) is 12.6. The Morgan fingerprint density at radius 1 is 1.00 bits per heavy atom. The van der Waals surface area contributed by atoms with Crippen molar-refractivity contribution in [1.82, 2.24) is 15.2 Å². The second-order valence-corrected chi connectivity index (χ2v) is 6.27. The standard InChI is InChI=1S/C20H23N5O/c1-14(2)16-6-8-17(9-7-16)23-20-24-19(13-22-25-20)21-12-15-4-10-18(26-3)11-5-15/h4-11,13-14H,12H2,1-3H3,(H2,21,23,24,25). The normalized spacial score (nSPS) is 10.6. The fourth-order valence-electron chi connectivity index (χ4n) is 2.46. The summed E-state index contributed by atoms with van der Waals surface area (Å²) < 4.78 is 5.17.